The van der Waals surface area contributed by atoms with Gasteiger partial charge in [-0.1, -0.05) is 18.6 Å². The lowest BCUT2D eigenvalue weighted by atomic mass is 9.83. The van der Waals surface area contributed by atoms with Crippen molar-refractivity contribution in [1.29, 1.82) is 0 Å². The van der Waals surface area contributed by atoms with Crippen molar-refractivity contribution in [2.45, 2.75) is 63.5 Å². The number of carbonyl (C=O) groups excluding carboxylic acids is 3. The summed E-state index contributed by atoms with van der Waals surface area (Å²) >= 11 is 0. The molecule has 0 radical (unpaired) electrons. The minimum atomic E-state index is -0.621. The fraction of sp³-hybridized carbons (Fsp3) is 0.654. The van der Waals surface area contributed by atoms with E-state index in [-0.39, 0.29) is 24.3 Å². The molecule has 3 heterocycles. The van der Waals surface area contributed by atoms with E-state index in [0.717, 1.165) is 17.9 Å². The molecule has 4 amide bonds. The summed E-state index contributed by atoms with van der Waals surface area (Å²) in [5.74, 6) is 1.11. The van der Waals surface area contributed by atoms with Crippen LogP contribution >= 0.6 is 0 Å². The van der Waals surface area contributed by atoms with Crippen LogP contribution in [0, 0.1) is 5.92 Å². The summed E-state index contributed by atoms with van der Waals surface area (Å²) in [5, 5.41) is 2.76. The summed E-state index contributed by atoms with van der Waals surface area (Å²) < 4.78 is 5.16. The Kier molecular flexibility index (Phi) is 8.08. The zero-order valence-electron chi connectivity index (χ0n) is 20.5. The summed E-state index contributed by atoms with van der Waals surface area (Å²) in [5.41, 5.74) is 1.03. The predicted molar refractivity (Wildman–Crippen MR) is 130 cm³/mol. The summed E-state index contributed by atoms with van der Waals surface area (Å²) in [6, 6.07) is 7.21. The Balaban J connectivity index is 1.23. The molecule has 3 aliphatic rings. The monoisotopic (exact) mass is 470 g/mol. The van der Waals surface area contributed by atoms with Crippen LogP contribution in [0.5, 0.6) is 5.75 Å². The maximum atomic E-state index is 12.8. The molecule has 3 saturated heterocycles. The first kappa shape index (κ1) is 24.5. The van der Waals surface area contributed by atoms with E-state index in [1.807, 2.05) is 36.2 Å². The molecule has 34 heavy (non-hydrogen) atoms. The second-order valence-electron chi connectivity index (χ2n) is 9.90. The minimum Gasteiger partial charge on any atom is -0.497 e. The van der Waals surface area contributed by atoms with Crippen molar-refractivity contribution in [3.05, 3.63) is 29.8 Å². The van der Waals surface area contributed by atoms with Gasteiger partial charge in [-0.3, -0.25) is 14.5 Å². The number of urea groups is 1. The van der Waals surface area contributed by atoms with Crippen LogP contribution in [-0.2, 0) is 16.0 Å². The van der Waals surface area contributed by atoms with Gasteiger partial charge in [0.25, 0.3) is 5.91 Å². The molecule has 3 atom stereocenters. The first-order chi connectivity index (χ1) is 16.5. The molecule has 3 aliphatic heterocycles. The third-order valence-electron chi connectivity index (χ3n) is 7.70. The molecule has 0 aromatic heterocycles. The number of rotatable bonds is 9. The number of nitrogens with one attached hydrogen (secondary N) is 1. The topological polar surface area (TPSA) is 82.2 Å². The van der Waals surface area contributed by atoms with E-state index in [0.29, 0.717) is 31.3 Å². The number of amides is 4. The first-order valence-corrected chi connectivity index (χ1v) is 12.7. The van der Waals surface area contributed by atoms with Gasteiger partial charge in [-0.25, -0.2) is 4.79 Å². The SMILES string of the molecule is COc1ccc(CCN2C(=O)N[C@H](CCC(=O)N(C)C[C@H]3CCCN4CCCC[C@H]34)C2=O)cc1. The summed E-state index contributed by atoms with van der Waals surface area (Å²) in [6.07, 6.45) is 7.38. The highest BCUT2D eigenvalue weighted by atomic mass is 16.5. The number of nitrogens with zero attached hydrogens (tertiary/aromatic N) is 3. The van der Waals surface area contributed by atoms with Gasteiger partial charge in [0.15, 0.2) is 0 Å². The molecule has 3 fully saturated rings. The summed E-state index contributed by atoms with van der Waals surface area (Å²) in [4.78, 5) is 43.7. The molecule has 0 bridgehead atoms. The number of hydrogen-bond acceptors (Lipinski definition) is 5. The molecule has 0 spiro atoms. The van der Waals surface area contributed by atoms with Gasteiger partial charge < -0.3 is 19.9 Å². The molecule has 4 rings (SSSR count). The van der Waals surface area contributed by atoms with E-state index in [1.54, 1.807) is 7.11 Å². The zero-order chi connectivity index (χ0) is 24.1. The Labute approximate surface area is 202 Å². The molecule has 0 saturated carbocycles. The molecule has 186 valence electrons. The van der Waals surface area contributed by atoms with Crippen LogP contribution in [0.4, 0.5) is 4.79 Å². The Morgan fingerprint density at radius 1 is 1.12 bits per heavy atom. The fourth-order valence-corrected chi connectivity index (χ4v) is 5.72. The van der Waals surface area contributed by atoms with Crippen molar-refractivity contribution in [3.8, 4) is 5.75 Å². The third-order valence-corrected chi connectivity index (χ3v) is 7.70. The molecule has 0 aliphatic carbocycles. The highest BCUT2D eigenvalue weighted by molar-refractivity contribution is 6.04. The molecule has 8 heteroatoms. The van der Waals surface area contributed by atoms with Gasteiger partial charge in [-0.05, 0) is 75.2 Å². The average molecular weight is 471 g/mol. The lowest BCUT2D eigenvalue weighted by Crippen LogP contribution is -2.51. The lowest BCUT2D eigenvalue weighted by molar-refractivity contribution is -0.131. The first-order valence-electron chi connectivity index (χ1n) is 12.7. The Hall–Kier alpha value is -2.61. The zero-order valence-corrected chi connectivity index (χ0v) is 20.5. The standard InChI is InChI=1S/C26H38N4O4/c1-28(18-20-6-5-16-29-15-4-3-7-23(20)29)24(31)13-12-22-25(32)30(26(33)27-22)17-14-19-8-10-21(34-2)11-9-19/h8-11,20,22-23H,3-7,12-18H2,1-2H3,(H,27,33)/t20-,22-,23-/m1/s1. The quantitative estimate of drug-likeness (QED) is 0.561. The highest BCUT2D eigenvalue weighted by Gasteiger charge is 2.38. The Morgan fingerprint density at radius 3 is 2.65 bits per heavy atom. The number of benzene rings is 1. The number of ether oxygens (including phenoxy) is 1. The van der Waals surface area contributed by atoms with Crippen LogP contribution in [0.3, 0.4) is 0 Å². The molecule has 8 nitrogen and oxygen atoms in total. The van der Waals surface area contributed by atoms with Crippen molar-refractivity contribution in [2.75, 3.05) is 40.3 Å². The Bertz CT molecular complexity index is 872. The van der Waals surface area contributed by atoms with Gasteiger partial charge in [0.2, 0.25) is 5.91 Å². The molecule has 0 unspecified atom stereocenters. The van der Waals surface area contributed by atoms with Crippen molar-refractivity contribution >= 4 is 17.8 Å². The van der Waals surface area contributed by atoms with Gasteiger partial charge in [-0.15, -0.1) is 0 Å². The average Bonchev–Trinajstić information content (AvgIpc) is 3.13. The number of carbonyl (C=O) groups is 3. The number of hydrogen-bond donors (Lipinski definition) is 1. The molecule has 1 aromatic rings. The largest absolute Gasteiger partial charge is 0.497 e. The van der Waals surface area contributed by atoms with Crippen molar-refractivity contribution in [1.82, 2.24) is 20.0 Å². The number of methoxy groups -OCH3 is 1. The lowest BCUT2D eigenvalue weighted by Gasteiger charge is -2.45. The van der Waals surface area contributed by atoms with Gasteiger partial charge in [0, 0.05) is 32.6 Å². The van der Waals surface area contributed by atoms with Crippen LogP contribution in [0.1, 0.15) is 50.5 Å². The van der Waals surface area contributed by atoms with Gasteiger partial charge in [0.05, 0.1) is 7.11 Å². The molecule has 1 aromatic carbocycles. The smallest absolute Gasteiger partial charge is 0.324 e. The van der Waals surface area contributed by atoms with E-state index >= 15 is 0 Å². The fourth-order valence-electron chi connectivity index (χ4n) is 5.72. The normalized spacial score (nSPS) is 25.1. The van der Waals surface area contributed by atoms with Crippen molar-refractivity contribution in [3.63, 3.8) is 0 Å². The van der Waals surface area contributed by atoms with Gasteiger partial charge in [0.1, 0.15) is 11.8 Å². The van der Waals surface area contributed by atoms with Crippen LogP contribution in [0.15, 0.2) is 24.3 Å². The maximum absolute atomic E-state index is 12.8. The molecular weight excluding hydrogens is 432 g/mol. The molecule has 1 N–H and O–H groups in total. The van der Waals surface area contributed by atoms with E-state index in [4.69, 9.17) is 4.74 Å². The van der Waals surface area contributed by atoms with Crippen LogP contribution < -0.4 is 10.1 Å². The third kappa shape index (κ3) is 5.71. The van der Waals surface area contributed by atoms with Crippen LogP contribution in [0.2, 0.25) is 0 Å². The van der Waals surface area contributed by atoms with E-state index in [9.17, 15) is 14.4 Å². The van der Waals surface area contributed by atoms with Crippen molar-refractivity contribution < 1.29 is 19.1 Å². The predicted octanol–water partition coefficient (Wildman–Crippen LogP) is 2.66. The second kappa shape index (κ2) is 11.2. The van der Waals surface area contributed by atoms with E-state index in [1.165, 1.54) is 50.1 Å². The maximum Gasteiger partial charge on any atom is 0.324 e. The van der Waals surface area contributed by atoms with E-state index < -0.39 is 6.04 Å². The van der Waals surface area contributed by atoms with Gasteiger partial charge >= 0.3 is 6.03 Å². The van der Waals surface area contributed by atoms with Crippen LogP contribution in [0.25, 0.3) is 0 Å². The van der Waals surface area contributed by atoms with Gasteiger partial charge in [-0.2, -0.15) is 0 Å². The summed E-state index contributed by atoms with van der Waals surface area (Å²) in [7, 11) is 3.49. The number of piperidine rings is 2. The highest BCUT2D eigenvalue weighted by Crippen LogP contribution is 2.31. The summed E-state index contributed by atoms with van der Waals surface area (Å²) in [6.45, 7) is 3.48. The number of fused-ring (bicyclic) bond motifs is 1. The van der Waals surface area contributed by atoms with Crippen molar-refractivity contribution in [2.24, 2.45) is 5.92 Å². The second-order valence-corrected chi connectivity index (χ2v) is 9.90. The van der Waals surface area contributed by atoms with E-state index in [2.05, 4.69) is 10.2 Å². The van der Waals surface area contributed by atoms with Crippen LogP contribution in [-0.4, -0.2) is 85.0 Å². The molecular formula is C26H38N4O4. The Morgan fingerprint density at radius 2 is 1.88 bits per heavy atom. The number of imide groups is 1. The minimum absolute atomic E-state index is 0.0478.